The van der Waals surface area contributed by atoms with E-state index in [-0.39, 0.29) is 11.8 Å². The molecule has 0 aliphatic carbocycles. The van der Waals surface area contributed by atoms with E-state index in [4.69, 9.17) is 4.74 Å². The number of nitrogens with one attached hydrogen (secondary N) is 2. The monoisotopic (exact) mass is 383 g/mol. The highest BCUT2D eigenvalue weighted by Crippen LogP contribution is 2.24. The van der Waals surface area contributed by atoms with Crippen molar-refractivity contribution in [1.82, 2.24) is 4.90 Å². The maximum absolute atomic E-state index is 11.6. The number of carbonyl (C=O) groups is 3. The molecule has 0 atom stereocenters. The average molecular weight is 383 g/mol. The van der Waals surface area contributed by atoms with Gasteiger partial charge in [-0.3, -0.25) is 19.3 Å². The number of hydrogen-bond acceptors (Lipinski definition) is 5. The van der Waals surface area contributed by atoms with Gasteiger partial charge in [0.1, 0.15) is 0 Å². The Kier molecular flexibility index (Phi) is 7.71. The van der Waals surface area contributed by atoms with Crippen molar-refractivity contribution in [3.8, 4) is 0 Å². The Morgan fingerprint density at radius 2 is 1.64 bits per heavy atom. The molecule has 1 heterocycles. The van der Waals surface area contributed by atoms with Crippen LogP contribution in [0.3, 0.4) is 0 Å². The molecule has 3 amide bonds. The Labute approximate surface area is 164 Å². The Morgan fingerprint density at radius 1 is 1.00 bits per heavy atom. The number of amides is 3. The fourth-order valence-corrected chi connectivity index (χ4v) is 2.62. The van der Waals surface area contributed by atoms with Crippen molar-refractivity contribution >= 4 is 29.6 Å². The highest BCUT2D eigenvalue weighted by molar-refractivity contribution is 6.21. The van der Waals surface area contributed by atoms with Crippen molar-refractivity contribution in [2.24, 2.45) is 0 Å². The molecule has 28 heavy (non-hydrogen) atoms. The highest BCUT2D eigenvalue weighted by Gasteiger charge is 2.32. The van der Waals surface area contributed by atoms with Crippen molar-refractivity contribution in [2.45, 2.75) is 20.0 Å². The second-order valence-corrected chi connectivity index (χ2v) is 6.19. The molecule has 2 aromatic carbocycles. The van der Waals surface area contributed by atoms with E-state index in [0.29, 0.717) is 24.1 Å². The Hall–Kier alpha value is -3.19. The smallest absolute Gasteiger partial charge is 0.261 e. The second-order valence-electron chi connectivity index (χ2n) is 6.19. The summed E-state index contributed by atoms with van der Waals surface area (Å²) in [5.74, 6) is -0.463. The number of rotatable bonds is 7. The van der Waals surface area contributed by atoms with Crippen LogP contribution < -0.4 is 10.6 Å². The first kappa shape index (κ1) is 21.1. The molecule has 3 rings (SSSR count). The third kappa shape index (κ3) is 5.17. The van der Waals surface area contributed by atoms with Crippen LogP contribution in [0.25, 0.3) is 0 Å². The first-order chi connectivity index (χ1) is 13.5. The minimum Gasteiger partial charge on any atom is -0.388 e. The van der Waals surface area contributed by atoms with Gasteiger partial charge in [-0.05, 0) is 42.3 Å². The fraction of sp³-hybridized carbons (Fsp3) is 0.286. The van der Waals surface area contributed by atoms with Gasteiger partial charge < -0.3 is 15.4 Å². The summed E-state index contributed by atoms with van der Waals surface area (Å²) in [7, 11) is 3.26. The van der Waals surface area contributed by atoms with Gasteiger partial charge in [-0.15, -0.1) is 0 Å². The van der Waals surface area contributed by atoms with Crippen LogP contribution in [0.2, 0.25) is 0 Å². The summed E-state index contributed by atoms with van der Waals surface area (Å²) in [6, 6.07) is 12.8. The minimum absolute atomic E-state index is 0.229. The molecule has 0 fully saturated rings. The zero-order chi connectivity index (χ0) is 20.5. The van der Waals surface area contributed by atoms with Gasteiger partial charge in [-0.2, -0.15) is 0 Å². The first-order valence-electron chi connectivity index (χ1n) is 9.02. The summed E-state index contributed by atoms with van der Waals surface area (Å²) in [6.45, 7) is 3.50. The highest BCUT2D eigenvalue weighted by atomic mass is 16.5. The van der Waals surface area contributed by atoms with E-state index in [1.54, 1.807) is 25.2 Å². The van der Waals surface area contributed by atoms with Gasteiger partial charge in [0.15, 0.2) is 0 Å². The van der Waals surface area contributed by atoms with E-state index in [1.807, 2.05) is 24.3 Å². The van der Waals surface area contributed by atoms with E-state index >= 15 is 0 Å². The zero-order valence-electron chi connectivity index (χ0n) is 16.3. The van der Waals surface area contributed by atoms with Crippen molar-refractivity contribution in [3.63, 3.8) is 0 Å². The molecule has 1 aliphatic heterocycles. The molecule has 0 unspecified atom stereocenters. The lowest BCUT2D eigenvalue weighted by Gasteiger charge is -2.03. The van der Waals surface area contributed by atoms with Gasteiger partial charge in [0.25, 0.3) is 11.8 Å². The number of hydrogen-bond donors (Lipinski definition) is 2. The molecular formula is C21H25N3O4. The molecule has 0 bridgehead atoms. The Bertz CT molecular complexity index is 834. The summed E-state index contributed by atoms with van der Waals surface area (Å²) >= 11 is 0. The summed E-state index contributed by atoms with van der Waals surface area (Å²) in [5, 5.41) is 5.51. The molecule has 2 aromatic rings. The number of nitrogens with zero attached hydrogens (tertiary/aromatic N) is 1. The molecule has 2 N–H and O–H groups in total. The van der Waals surface area contributed by atoms with E-state index in [0.717, 1.165) is 34.9 Å². The van der Waals surface area contributed by atoms with Crippen molar-refractivity contribution in [1.29, 1.82) is 0 Å². The van der Waals surface area contributed by atoms with Crippen molar-refractivity contribution < 1.29 is 19.1 Å². The number of benzene rings is 2. The average Bonchev–Trinajstić information content (AvgIpc) is 2.94. The normalized spacial score (nSPS) is 12.2. The fourth-order valence-electron chi connectivity index (χ4n) is 2.62. The number of ether oxygens (including phenoxy) is 1. The third-order valence-electron chi connectivity index (χ3n) is 4.18. The maximum Gasteiger partial charge on any atom is 0.261 e. The molecule has 0 radical (unpaired) electrons. The maximum atomic E-state index is 11.6. The lowest BCUT2D eigenvalue weighted by Crippen LogP contribution is -2.24. The minimum atomic E-state index is -0.234. The molecule has 0 saturated heterocycles. The zero-order valence-corrected chi connectivity index (χ0v) is 16.3. The molecule has 7 nitrogen and oxygen atoms in total. The largest absolute Gasteiger partial charge is 0.388 e. The molecule has 0 saturated carbocycles. The summed E-state index contributed by atoms with van der Waals surface area (Å²) in [5.41, 5.74) is 3.72. The van der Waals surface area contributed by atoms with Crippen LogP contribution in [0.4, 0.5) is 11.4 Å². The Balaban J connectivity index is 0.000000200. The topological polar surface area (TPSA) is 87.7 Å². The summed E-state index contributed by atoms with van der Waals surface area (Å²) < 4.78 is 5.38. The molecule has 1 aliphatic rings. The second kappa shape index (κ2) is 10.2. The van der Waals surface area contributed by atoms with E-state index < -0.39 is 0 Å². The van der Waals surface area contributed by atoms with Crippen LogP contribution in [0, 0.1) is 0 Å². The summed E-state index contributed by atoms with van der Waals surface area (Å²) in [4.78, 5) is 34.3. The number of anilines is 2. The van der Waals surface area contributed by atoms with Gasteiger partial charge in [-0.1, -0.05) is 19.1 Å². The third-order valence-corrected chi connectivity index (χ3v) is 4.18. The first-order valence-corrected chi connectivity index (χ1v) is 9.02. The number of imide groups is 1. The number of fused-ring (bicyclic) bond motifs is 1. The SMILES string of the molecule is CCCOCc1ccc(NC=O)cc1.CNc1ccc2c(c1)C(=O)N(C)C2=O. The van der Waals surface area contributed by atoms with Gasteiger partial charge in [0, 0.05) is 32.1 Å². The van der Waals surface area contributed by atoms with E-state index in [1.165, 1.54) is 7.05 Å². The van der Waals surface area contributed by atoms with Gasteiger partial charge >= 0.3 is 0 Å². The standard InChI is InChI=1S/C11H15NO2.C10H10N2O2/c1-2-7-14-8-10-3-5-11(6-4-10)12-9-13;1-11-6-3-4-7-8(5-6)10(14)12(2)9(7)13/h3-6,9H,2,7-8H2,1H3,(H,12,13);3-5,11H,1-2H3. The summed E-state index contributed by atoms with van der Waals surface area (Å²) in [6.07, 6.45) is 1.70. The van der Waals surface area contributed by atoms with E-state index in [2.05, 4.69) is 17.6 Å². The molecule has 7 heteroatoms. The predicted molar refractivity (Wildman–Crippen MR) is 108 cm³/mol. The predicted octanol–water partition coefficient (Wildman–Crippen LogP) is 3.14. The van der Waals surface area contributed by atoms with Crippen LogP contribution in [0.1, 0.15) is 39.6 Å². The lowest BCUT2D eigenvalue weighted by molar-refractivity contribution is -0.105. The van der Waals surface area contributed by atoms with Crippen LogP contribution in [0.5, 0.6) is 0 Å². The Morgan fingerprint density at radius 3 is 2.25 bits per heavy atom. The van der Waals surface area contributed by atoms with Gasteiger partial charge in [-0.25, -0.2) is 0 Å². The van der Waals surface area contributed by atoms with E-state index in [9.17, 15) is 14.4 Å². The molecule has 0 aromatic heterocycles. The van der Waals surface area contributed by atoms with Crippen molar-refractivity contribution in [2.75, 3.05) is 31.3 Å². The van der Waals surface area contributed by atoms with Crippen molar-refractivity contribution in [3.05, 3.63) is 59.2 Å². The van der Waals surface area contributed by atoms with Crippen LogP contribution >= 0.6 is 0 Å². The molecular weight excluding hydrogens is 358 g/mol. The van der Waals surface area contributed by atoms with Crippen LogP contribution in [0.15, 0.2) is 42.5 Å². The number of carbonyl (C=O) groups excluding carboxylic acids is 3. The van der Waals surface area contributed by atoms with Gasteiger partial charge in [0.05, 0.1) is 17.7 Å². The van der Waals surface area contributed by atoms with Crippen LogP contribution in [-0.4, -0.2) is 43.8 Å². The van der Waals surface area contributed by atoms with Gasteiger partial charge in [0.2, 0.25) is 6.41 Å². The lowest BCUT2D eigenvalue weighted by atomic mass is 10.1. The molecule has 148 valence electrons. The quantitative estimate of drug-likeness (QED) is 0.436. The van der Waals surface area contributed by atoms with Crippen LogP contribution in [-0.2, 0) is 16.1 Å². The molecule has 0 spiro atoms.